The Kier molecular flexibility index (Phi) is 5.24. The zero-order valence-electron chi connectivity index (χ0n) is 14.3. The molecule has 0 unspecified atom stereocenters. The molecule has 0 radical (unpaired) electrons. The van der Waals surface area contributed by atoms with Gasteiger partial charge in [-0.1, -0.05) is 0 Å². The molecule has 2 N–H and O–H groups in total. The van der Waals surface area contributed by atoms with Gasteiger partial charge in [-0.15, -0.1) is 0 Å². The summed E-state index contributed by atoms with van der Waals surface area (Å²) >= 11 is 0. The van der Waals surface area contributed by atoms with Gasteiger partial charge in [0.2, 0.25) is 0 Å². The highest BCUT2D eigenvalue weighted by atomic mass is 19.1. The summed E-state index contributed by atoms with van der Waals surface area (Å²) < 4.78 is 23.8. The van der Waals surface area contributed by atoms with Gasteiger partial charge in [-0.2, -0.15) is 4.90 Å². The highest BCUT2D eigenvalue weighted by Gasteiger charge is 2.32. The van der Waals surface area contributed by atoms with E-state index < -0.39 is 29.2 Å². The summed E-state index contributed by atoms with van der Waals surface area (Å²) in [5.74, 6) is -0.651. The lowest BCUT2D eigenvalue weighted by Crippen LogP contribution is -2.43. The zero-order valence-corrected chi connectivity index (χ0v) is 14.3. The molecule has 1 aromatic rings. The maximum absolute atomic E-state index is 13.3. The van der Waals surface area contributed by atoms with Crippen LogP contribution in [-0.4, -0.2) is 23.4 Å². The Balaban J connectivity index is 3.22. The van der Waals surface area contributed by atoms with E-state index in [4.69, 9.17) is 15.2 Å². The third kappa shape index (κ3) is 5.77. The number of nitrogens with zero attached hydrogens (tertiary/aromatic N) is 1. The number of benzene rings is 1. The minimum absolute atomic E-state index is 0.0624. The molecule has 1 aromatic carbocycles. The number of amides is 2. The maximum atomic E-state index is 13.3. The molecule has 0 heterocycles. The Morgan fingerprint density at radius 3 is 1.78 bits per heavy atom. The molecule has 2 amide bonds. The Morgan fingerprint density at radius 2 is 1.43 bits per heavy atom. The van der Waals surface area contributed by atoms with E-state index in [-0.39, 0.29) is 11.4 Å². The third-order valence-electron chi connectivity index (χ3n) is 2.39. The number of nitrogens with two attached hydrogens (primary N) is 1. The van der Waals surface area contributed by atoms with Gasteiger partial charge < -0.3 is 15.2 Å². The molecule has 0 aliphatic carbocycles. The molecule has 23 heavy (non-hydrogen) atoms. The quantitative estimate of drug-likeness (QED) is 0.786. The lowest BCUT2D eigenvalue weighted by atomic mass is 10.2. The molecule has 0 saturated carbocycles. The topological polar surface area (TPSA) is 81.9 Å². The van der Waals surface area contributed by atoms with Crippen molar-refractivity contribution >= 4 is 23.6 Å². The van der Waals surface area contributed by atoms with Gasteiger partial charge >= 0.3 is 12.2 Å². The van der Waals surface area contributed by atoms with E-state index >= 15 is 0 Å². The van der Waals surface area contributed by atoms with E-state index in [0.717, 1.165) is 6.07 Å². The van der Waals surface area contributed by atoms with Crippen LogP contribution in [-0.2, 0) is 9.47 Å². The average molecular weight is 326 g/mol. The molecular formula is C16H23FN2O4. The first kappa shape index (κ1) is 18.7. The number of hydrogen-bond acceptors (Lipinski definition) is 5. The van der Waals surface area contributed by atoms with E-state index in [2.05, 4.69) is 0 Å². The normalized spacial score (nSPS) is 11.8. The Labute approximate surface area is 135 Å². The number of rotatable bonds is 1. The Bertz CT molecular complexity index is 575. The first-order valence-electron chi connectivity index (χ1n) is 7.11. The summed E-state index contributed by atoms with van der Waals surface area (Å²) in [5, 5.41) is 0. The van der Waals surface area contributed by atoms with E-state index in [1.54, 1.807) is 41.5 Å². The Morgan fingerprint density at radius 1 is 1.00 bits per heavy atom. The molecule has 0 bridgehead atoms. The first-order valence-corrected chi connectivity index (χ1v) is 7.11. The first-order chi connectivity index (χ1) is 10.3. The second-order valence-electron chi connectivity index (χ2n) is 7.00. The van der Waals surface area contributed by atoms with Gasteiger partial charge in [0.05, 0.1) is 11.4 Å². The molecular weight excluding hydrogens is 303 g/mol. The van der Waals surface area contributed by atoms with Crippen molar-refractivity contribution in [2.45, 2.75) is 52.7 Å². The van der Waals surface area contributed by atoms with Crippen molar-refractivity contribution in [2.75, 3.05) is 10.6 Å². The summed E-state index contributed by atoms with van der Waals surface area (Å²) in [6, 6.07) is 3.48. The van der Waals surface area contributed by atoms with Crippen LogP contribution in [0.4, 0.5) is 25.4 Å². The van der Waals surface area contributed by atoms with Crippen LogP contribution in [0.15, 0.2) is 18.2 Å². The van der Waals surface area contributed by atoms with Crippen molar-refractivity contribution in [3.05, 3.63) is 24.0 Å². The third-order valence-corrected chi connectivity index (χ3v) is 2.39. The van der Waals surface area contributed by atoms with Crippen LogP contribution >= 0.6 is 0 Å². The molecule has 0 spiro atoms. The molecule has 0 fully saturated rings. The summed E-state index contributed by atoms with van der Waals surface area (Å²) in [6.07, 6.45) is -1.87. The van der Waals surface area contributed by atoms with E-state index in [1.807, 2.05) is 0 Å². The lowest BCUT2D eigenvalue weighted by molar-refractivity contribution is 0.0431. The lowest BCUT2D eigenvalue weighted by Gasteiger charge is -2.28. The number of ether oxygens (including phenoxy) is 2. The van der Waals surface area contributed by atoms with Gasteiger partial charge in [-0.25, -0.2) is 14.0 Å². The zero-order chi connectivity index (χ0) is 18.0. The predicted molar refractivity (Wildman–Crippen MR) is 85.8 cm³/mol. The van der Waals surface area contributed by atoms with Gasteiger partial charge in [0.15, 0.2) is 0 Å². The monoisotopic (exact) mass is 326 g/mol. The molecule has 1 rings (SSSR count). The minimum Gasteiger partial charge on any atom is -0.443 e. The second kappa shape index (κ2) is 6.44. The van der Waals surface area contributed by atoms with E-state index in [1.165, 1.54) is 12.1 Å². The summed E-state index contributed by atoms with van der Waals surface area (Å²) in [7, 11) is 0. The van der Waals surface area contributed by atoms with Gasteiger partial charge in [-0.05, 0) is 59.7 Å². The van der Waals surface area contributed by atoms with Crippen molar-refractivity contribution in [3.8, 4) is 0 Å². The molecule has 0 saturated heterocycles. The summed E-state index contributed by atoms with van der Waals surface area (Å²) in [5.41, 5.74) is 3.74. The van der Waals surface area contributed by atoms with Gasteiger partial charge in [0, 0.05) is 0 Å². The fourth-order valence-electron chi connectivity index (χ4n) is 1.57. The molecule has 128 valence electrons. The van der Waals surface area contributed by atoms with Crippen molar-refractivity contribution in [3.63, 3.8) is 0 Å². The van der Waals surface area contributed by atoms with Crippen LogP contribution in [0.1, 0.15) is 41.5 Å². The van der Waals surface area contributed by atoms with Crippen LogP contribution in [0.2, 0.25) is 0 Å². The van der Waals surface area contributed by atoms with Gasteiger partial charge in [0.1, 0.15) is 17.0 Å². The molecule has 0 atom stereocenters. The van der Waals surface area contributed by atoms with Crippen LogP contribution in [0.25, 0.3) is 0 Å². The largest absolute Gasteiger partial charge is 0.443 e. The van der Waals surface area contributed by atoms with Gasteiger partial charge in [-0.3, -0.25) is 0 Å². The predicted octanol–water partition coefficient (Wildman–Crippen LogP) is 4.08. The molecule has 7 heteroatoms. The molecule has 0 aliphatic heterocycles. The number of halogens is 1. The number of imide groups is 1. The van der Waals surface area contributed by atoms with Crippen LogP contribution < -0.4 is 10.6 Å². The number of carbonyl (C=O) groups is 2. The fourth-order valence-corrected chi connectivity index (χ4v) is 1.57. The maximum Gasteiger partial charge on any atom is 0.424 e. The minimum atomic E-state index is -0.933. The summed E-state index contributed by atoms with van der Waals surface area (Å²) in [4.78, 5) is 25.4. The summed E-state index contributed by atoms with van der Waals surface area (Å²) in [6.45, 7) is 9.98. The highest BCUT2D eigenvalue weighted by molar-refractivity contribution is 6.09. The van der Waals surface area contributed by atoms with Crippen molar-refractivity contribution in [1.29, 1.82) is 0 Å². The standard InChI is InChI=1S/C16H23FN2O4/c1-15(2,3)22-13(20)19(14(21)23-16(4,5)6)10-7-8-11(17)12(18)9-10/h7-9H,18H2,1-6H3. The van der Waals surface area contributed by atoms with Crippen molar-refractivity contribution in [2.24, 2.45) is 0 Å². The van der Waals surface area contributed by atoms with E-state index in [9.17, 15) is 14.0 Å². The molecule has 0 aliphatic rings. The van der Waals surface area contributed by atoms with E-state index in [0.29, 0.717) is 4.90 Å². The second-order valence-corrected chi connectivity index (χ2v) is 7.00. The number of nitrogen functional groups attached to an aromatic ring is 1. The smallest absolute Gasteiger partial charge is 0.424 e. The average Bonchev–Trinajstić information content (AvgIpc) is 2.29. The fraction of sp³-hybridized carbons (Fsp3) is 0.500. The van der Waals surface area contributed by atoms with Crippen LogP contribution in [0.3, 0.4) is 0 Å². The van der Waals surface area contributed by atoms with Crippen molar-refractivity contribution < 1.29 is 23.5 Å². The van der Waals surface area contributed by atoms with Crippen molar-refractivity contribution in [1.82, 2.24) is 0 Å². The highest BCUT2D eigenvalue weighted by Crippen LogP contribution is 2.24. The SMILES string of the molecule is CC(C)(C)OC(=O)N(C(=O)OC(C)(C)C)c1ccc(F)c(N)c1. The molecule has 0 aromatic heterocycles. The number of hydrogen-bond donors (Lipinski definition) is 1. The van der Waals surface area contributed by atoms with Crippen LogP contribution in [0.5, 0.6) is 0 Å². The Hall–Kier alpha value is -2.31. The molecule has 6 nitrogen and oxygen atoms in total. The number of anilines is 2. The number of carbonyl (C=O) groups excluding carboxylic acids is 2. The van der Waals surface area contributed by atoms with Gasteiger partial charge in [0.25, 0.3) is 0 Å². The van der Waals surface area contributed by atoms with Crippen LogP contribution in [0, 0.1) is 5.82 Å².